The second-order valence-corrected chi connectivity index (χ2v) is 7.53. The molecular formula is C20H26N2O2. The molecule has 2 aliphatic carbocycles. The molecule has 4 heteroatoms. The molecule has 128 valence electrons. The van der Waals surface area contributed by atoms with Crippen molar-refractivity contribution in [2.45, 2.75) is 63.8 Å². The van der Waals surface area contributed by atoms with Crippen LogP contribution in [-0.4, -0.2) is 29.3 Å². The topological polar surface area (TPSA) is 49.4 Å². The zero-order valence-electron chi connectivity index (χ0n) is 14.2. The number of rotatable bonds is 3. The molecule has 1 heterocycles. The maximum atomic E-state index is 12.7. The fourth-order valence-electron chi connectivity index (χ4n) is 4.61. The first kappa shape index (κ1) is 15.7. The van der Waals surface area contributed by atoms with Crippen molar-refractivity contribution in [2.24, 2.45) is 5.92 Å². The van der Waals surface area contributed by atoms with Crippen LogP contribution in [0.15, 0.2) is 18.2 Å². The molecule has 1 aromatic carbocycles. The van der Waals surface area contributed by atoms with Crippen molar-refractivity contribution in [3.63, 3.8) is 0 Å². The highest BCUT2D eigenvalue weighted by atomic mass is 16.2. The van der Waals surface area contributed by atoms with Gasteiger partial charge in [0.2, 0.25) is 11.8 Å². The van der Waals surface area contributed by atoms with Gasteiger partial charge in [-0.2, -0.15) is 0 Å². The van der Waals surface area contributed by atoms with Gasteiger partial charge < -0.3 is 10.2 Å². The summed E-state index contributed by atoms with van der Waals surface area (Å²) >= 11 is 0. The molecule has 0 bridgehead atoms. The van der Waals surface area contributed by atoms with Gasteiger partial charge >= 0.3 is 0 Å². The van der Waals surface area contributed by atoms with Gasteiger partial charge in [-0.25, -0.2) is 0 Å². The smallest absolute Gasteiger partial charge is 0.229 e. The summed E-state index contributed by atoms with van der Waals surface area (Å²) in [6.07, 6.45) is 9.58. The Kier molecular flexibility index (Phi) is 4.30. The zero-order chi connectivity index (χ0) is 16.5. The van der Waals surface area contributed by atoms with Gasteiger partial charge in [0.15, 0.2) is 0 Å². The number of anilines is 1. The van der Waals surface area contributed by atoms with Gasteiger partial charge in [0.25, 0.3) is 0 Å². The molecule has 24 heavy (non-hydrogen) atoms. The third kappa shape index (κ3) is 2.94. The number of carbonyl (C=O) groups is 2. The largest absolute Gasteiger partial charge is 0.339 e. The number of amides is 2. The summed E-state index contributed by atoms with van der Waals surface area (Å²) in [5.41, 5.74) is 3.63. The van der Waals surface area contributed by atoms with Crippen LogP contribution in [0.5, 0.6) is 0 Å². The number of fused-ring (bicyclic) bond motifs is 1. The fourth-order valence-corrected chi connectivity index (χ4v) is 4.61. The molecular weight excluding hydrogens is 300 g/mol. The van der Waals surface area contributed by atoms with Gasteiger partial charge in [-0.3, -0.25) is 9.59 Å². The maximum absolute atomic E-state index is 12.7. The van der Waals surface area contributed by atoms with Crippen LogP contribution < -0.4 is 5.32 Å². The van der Waals surface area contributed by atoms with Crippen molar-refractivity contribution < 1.29 is 9.59 Å². The zero-order valence-corrected chi connectivity index (χ0v) is 14.2. The van der Waals surface area contributed by atoms with Gasteiger partial charge in [0, 0.05) is 24.7 Å². The molecule has 3 aliphatic rings. The lowest BCUT2D eigenvalue weighted by molar-refractivity contribution is -0.129. The monoisotopic (exact) mass is 326 g/mol. The lowest BCUT2D eigenvalue weighted by atomic mass is 9.90. The summed E-state index contributed by atoms with van der Waals surface area (Å²) in [6, 6.07) is 6.59. The van der Waals surface area contributed by atoms with Crippen LogP contribution in [0.1, 0.15) is 56.1 Å². The van der Waals surface area contributed by atoms with Crippen LogP contribution in [0.3, 0.4) is 0 Å². The molecule has 2 fully saturated rings. The number of carbonyl (C=O) groups excluding carboxylic acids is 2. The first-order valence-corrected chi connectivity index (χ1v) is 9.43. The molecule has 4 rings (SSSR count). The van der Waals surface area contributed by atoms with Gasteiger partial charge in [-0.15, -0.1) is 0 Å². The summed E-state index contributed by atoms with van der Waals surface area (Å²) in [5.74, 6) is -0.0162. The van der Waals surface area contributed by atoms with E-state index in [2.05, 4.69) is 11.4 Å². The molecule has 0 radical (unpaired) electrons. The highest BCUT2D eigenvalue weighted by molar-refractivity contribution is 5.97. The van der Waals surface area contributed by atoms with Crippen LogP contribution in [0.4, 0.5) is 5.69 Å². The standard InChI is InChI=1S/C20H26N2O2/c23-19-12-15(13-22(19)16-8-2-3-9-16)20(24)21-18-11-5-7-14-6-1-4-10-17(14)18/h5,7,11,15-16H,1-4,6,8-10,12-13H2,(H,21,24)/t15-/m0/s1. The highest BCUT2D eigenvalue weighted by Crippen LogP contribution is 2.31. The Morgan fingerprint density at radius 2 is 1.88 bits per heavy atom. The van der Waals surface area contributed by atoms with E-state index in [4.69, 9.17) is 0 Å². The number of aryl methyl sites for hydroxylation is 1. The molecule has 2 amide bonds. The van der Waals surface area contributed by atoms with E-state index < -0.39 is 0 Å². The molecule has 1 aliphatic heterocycles. The van der Waals surface area contributed by atoms with Crippen molar-refractivity contribution in [3.8, 4) is 0 Å². The first-order chi connectivity index (χ1) is 11.7. The summed E-state index contributed by atoms with van der Waals surface area (Å²) in [6.45, 7) is 0.602. The Labute approximate surface area is 143 Å². The Balaban J connectivity index is 1.44. The molecule has 1 atom stereocenters. The Morgan fingerprint density at radius 1 is 1.08 bits per heavy atom. The third-order valence-corrected chi connectivity index (χ3v) is 5.95. The average molecular weight is 326 g/mol. The predicted molar refractivity (Wildman–Crippen MR) is 93.8 cm³/mol. The van der Waals surface area contributed by atoms with Crippen molar-refractivity contribution in [1.82, 2.24) is 4.90 Å². The van der Waals surface area contributed by atoms with Crippen LogP contribution in [0.25, 0.3) is 0 Å². The second-order valence-electron chi connectivity index (χ2n) is 7.53. The van der Waals surface area contributed by atoms with E-state index >= 15 is 0 Å². The van der Waals surface area contributed by atoms with E-state index in [0.29, 0.717) is 19.0 Å². The summed E-state index contributed by atoms with van der Waals surface area (Å²) in [5, 5.41) is 3.13. The minimum absolute atomic E-state index is 0.0165. The van der Waals surface area contributed by atoms with E-state index in [9.17, 15) is 9.59 Å². The minimum Gasteiger partial charge on any atom is -0.339 e. The van der Waals surface area contributed by atoms with Crippen molar-refractivity contribution in [1.29, 1.82) is 0 Å². The number of nitrogens with zero attached hydrogens (tertiary/aromatic N) is 1. The van der Waals surface area contributed by atoms with Crippen molar-refractivity contribution in [2.75, 3.05) is 11.9 Å². The molecule has 1 saturated heterocycles. The Bertz CT molecular complexity index is 649. The highest BCUT2D eigenvalue weighted by Gasteiger charge is 2.38. The SMILES string of the molecule is O=C(Nc1cccc2c1CCCC2)[C@H]1CC(=O)N(C2CCCC2)C1. The van der Waals surface area contributed by atoms with E-state index in [1.807, 2.05) is 17.0 Å². The average Bonchev–Trinajstić information content (AvgIpc) is 3.24. The number of benzene rings is 1. The van der Waals surface area contributed by atoms with E-state index in [1.165, 1.54) is 36.8 Å². The van der Waals surface area contributed by atoms with Crippen LogP contribution in [0, 0.1) is 5.92 Å². The summed E-state index contributed by atoms with van der Waals surface area (Å²) < 4.78 is 0. The third-order valence-electron chi connectivity index (χ3n) is 5.95. The molecule has 1 saturated carbocycles. The van der Waals surface area contributed by atoms with Gasteiger partial charge in [-0.1, -0.05) is 25.0 Å². The van der Waals surface area contributed by atoms with Crippen LogP contribution in [0.2, 0.25) is 0 Å². The molecule has 0 spiro atoms. The number of hydrogen-bond acceptors (Lipinski definition) is 2. The van der Waals surface area contributed by atoms with E-state index in [-0.39, 0.29) is 17.7 Å². The van der Waals surface area contributed by atoms with Gasteiger partial charge in [0.1, 0.15) is 0 Å². The molecule has 1 N–H and O–H groups in total. The lowest BCUT2D eigenvalue weighted by Crippen LogP contribution is -2.35. The predicted octanol–water partition coefficient (Wildman–Crippen LogP) is 3.30. The lowest BCUT2D eigenvalue weighted by Gasteiger charge is -2.24. The molecule has 0 aromatic heterocycles. The Hall–Kier alpha value is -1.84. The molecule has 1 aromatic rings. The fraction of sp³-hybridized carbons (Fsp3) is 0.600. The number of likely N-dealkylation sites (tertiary alicyclic amines) is 1. The second kappa shape index (κ2) is 6.58. The maximum Gasteiger partial charge on any atom is 0.229 e. The van der Waals surface area contributed by atoms with E-state index in [0.717, 1.165) is 31.4 Å². The summed E-state index contributed by atoms with van der Waals surface area (Å²) in [7, 11) is 0. The summed E-state index contributed by atoms with van der Waals surface area (Å²) in [4.78, 5) is 27.0. The van der Waals surface area contributed by atoms with Crippen LogP contribution in [-0.2, 0) is 22.4 Å². The van der Waals surface area contributed by atoms with Crippen molar-refractivity contribution >= 4 is 17.5 Å². The molecule has 0 unspecified atom stereocenters. The quantitative estimate of drug-likeness (QED) is 0.926. The number of hydrogen-bond donors (Lipinski definition) is 1. The van der Waals surface area contributed by atoms with E-state index in [1.54, 1.807) is 0 Å². The van der Waals surface area contributed by atoms with Gasteiger partial charge in [0.05, 0.1) is 5.92 Å². The first-order valence-electron chi connectivity index (χ1n) is 9.43. The van der Waals surface area contributed by atoms with Crippen molar-refractivity contribution in [3.05, 3.63) is 29.3 Å². The minimum atomic E-state index is -0.197. The normalized spacial score (nSPS) is 24.2. The molecule has 4 nitrogen and oxygen atoms in total. The number of nitrogens with one attached hydrogen (secondary N) is 1. The Morgan fingerprint density at radius 3 is 2.71 bits per heavy atom. The van der Waals surface area contributed by atoms with Gasteiger partial charge in [-0.05, 0) is 55.7 Å². The van der Waals surface area contributed by atoms with Crippen LogP contribution >= 0.6 is 0 Å².